The van der Waals surface area contributed by atoms with Crippen LogP contribution in [-0.4, -0.2) is 34.8 Å². The van der Waals surface area contributed by atoms with Crippen molar-refractivity contribution in [1.29, 1.82) is 0 Å². The van der Waals surface area contributed by atoms with Crippen LogP contribution in [0.3, 0.4) is 0 Å². The zero-order valence-electron chi connectivity index (χ0n) is 8.65. The first-order valence-electron chi connectivity index (χ1n) is 5.06. The van der Waals surface area contributed by atoms with Crippen molar-refractivity contribution in [2.24, 2.45) is 5.92 Å². The Kier molecular flexibility index (Phi) is 3.07. The van der Waals surface area contributed by atoms with Gasteiger partial charge < -0.3 is 10.0 Å². The molecule has 1 saturated heterocycles. The number of hydrogen-bond acceptors (Lipinski definition) is 4. The van der Waals surface area contributed by atoms with Crippen molar-refractivity contribution in [2.45, 2.75) is 13.3 Å². The Balaban J connectivity index is 2.16. The summed E-state index contributed by atoms with van der Waals surface area (Å²) in [4.78, 5) is 10.6. The lowest BCUT2D eigenvalue weighted by Crippen LogP contribution is -2.23. The molecule has 1 N–H and O–H groups in total. The maximum absolute atomic E-state index is 9.05. The quantitative estimate of drug-likeness (QED) is 0.773. The molecule has 0 radical (unpaired) electrons. The van der Waals surface area contributed by atoms with Gasteiger partial charge in [0.25, 0.3) is 0 Å². The number of nitrogens with zero attached hydrogens (tertiary/aromatic N) is 3. The molecule has 0 amide bonds. The zero-order chi connectivity index (χ0) is 10.8. The molecular weight excluding hydrogens is 214 g/mol. The van der Waals surface area contributed by atoms with Crippen LogP contribution in [0.5, 0.6) is 0 Å². The second-order valence-corrected chi connectivity index (χ2v) is 4.30. The summed E-state index contributed by atoms with van der Waals surface area (Å²) in [6, 6.07) is 1.74. The summed E-state index contributed by atoms with van der Waals surface area (Å²) in [5.41, 5.74) is 0.873. The van der Waals surface area contributed by atoms with E-state index in [0.29, 0.717) is 17.0 Å². The predicted octanol–water partition coefficient (Wildman–Crippen LogP) is 1.26. The monoisotopic (exact) mass is 227 g/mol. The molecule has 4 nitrogen and oxygen atoms in total. The van der Waals surface area contributed by atoms with Crippen molar-refractivity contribution < 1.29 is 5.11 Å². The van der Waals surface area contributed by atoms with Gasteiger partial charge in [0, 0.05) is 31.3 Å². The Hall–Kier alpha value is -0.870. The van der Waals surface area contributed by atoms with Gasteiger partial charge in [-0.1, -0.05) is 11.6 Å². The highest BCUT2D eigenvalue weighted by Crippen LogP contribution is 2.21. The van der Waals surface area contributed by atoms with Crippen molar-refractivity contribution in [3.05, 3.63) is 16.9 Å². The van der Waals surface area contributed by atoms with Crippen molar-refractivity contribution >= 4 is 17.5 Å². The summed E-state index contributed by atoms with van der Waals surface area (Å²) in [6.07, 6.45) is 0.991. The van der Waals surface area contributed by atoms with Gasteiger partial charge in [-0.05, 0) is 19.4 Å². The molecule has 0 aromatic carbocycles. The van der Waals surface area contributed by atoms with E-state index in [2.05, 4.69) is 14.9 Å². The third-order valence-electron chi connectivity index (χ3n) is 2.64. The number of hydrogen-bond donors (Lipinski definition) is 1. The molecule has 2 heterocycles. The highest BCUT2D eigenvalue weighted by Gasteiger charge is 2.23. The van der Waals surface area contributed by atoms with Crippen LogP contribution in [0.4, 0.5) is 5.95 Å². The lowest BCUT2D eigenvalue weighted by Gasteiger charge is -2.16. The van der Waals surface area contributed by atoms with Crippen LogP contribution in [0.1, 0.15) is 12.1 Å². The van der Waals surface area contributed by atoms with E-state index in [1.54, 1.807) is 6.07 Å². The largest absolute Gasteiger partial charge is 0.396 e. The molecule has 15 heavy (non-hydrogen) atoms. The van der Waals surface area contributed by atoms with Crippen LogP contribution < -0.4 is 4.90 Å². The van der Waals surface area contributed by atoms with E-state index >= 15 is 0 Å². The first-order chi connectivity index (χ1) is 7.19. The molecule has 0 spiro atoms. The van der Waals surface area contributed by atoms with Crippen molar-refractivity contribution in [3.8, 4) is 0 Å². The van der Waals surface area contributed by atoms with Crippen LogP contribution >= 0.6 is 11.6 Å². The van der Waals surface area contributed by atoms with Gasteiger partial charge in [0.2, 0.25) is 5.95 Å². The number of rotatable bonds is 2. The number of aliphatic hydroxyl groups excluding tert-OH is 1. The number of halogens is 1. The maximum atomic E-state index is 9.05. The van der Waals surface area contributed by atoms with Gasteiger partial charge in [-0.15, -0.1) is 0 Å². The summed E-state index contributed by atoms with van der Waals surface area (Å²) in [6.45, 7) is 3.84. The van der Waals surface area contributed by atoms with Crippen molar-refractivity contribution in [1.82, 2.24) is 9.97 Å². The topological polar surface area (TPSA) is 49.2 Å². The molecule has 82 valence electrons. The zero-order valence-corrected chi connectivity index (χ0v) is 9.41. The number of anilines is 1. The molecule has 1 atom stereocenters. The second kappa shape index (κ2) is 4.33. The van der Waals surface area contributed by atoms with E-state index < -0.39 is 0 Å². The summed E-state index contributed by atoms with van der Waals surface area (Å²) in [7, 11) is 0. The molecule has 1 aliphatic heterocycles. The molecule has 1 aromatic rings. The summed E-state index contributed by atoms with van der Waals surface area (Å²) in [5, 5.41) is 9.52. The number of aromatic nitrogens is 2. The Morgan fingerprint density at radius 2 is 2.40 bits per heavy atom. The summed E-state index contributed by atoms with van der Waals surface area (Å²) < 4.78 is 0. The lowest BCUT2D eigenvalue weighted by atomic mass is 10.1. The summed E-state index contributed by atoms with van der Waals surface area (Å²) in [5.74, 6) is 1.02. The Morgan fingerprint density at radius 3 is 3.00 bits per heavy atom. The van der Waals surface area contributed by atoms with Gasteiger partial charge >= 0.3 is 0 Å². The fourth-order valence-electron chi connectivity index (χ4n) is 1.82. The molecule has 1 aromatic heterocycles. The van der Waals surface area contributed by atoms with Gasteiger partial charge in [0.15, 0.2) is 0 Å². The highest BCUT2D eigenvalue weighted by molar-refractivity contribution is 6.29. The molecule has 0 aliphatic carbocycles. The van der Waals surface area contributed by atoms with Crippen LogP contribution in [0, 0.1) is 12.8 Å². The average molecular weight is 228 g/mol. The number of aliphatic hydroxyl groups is 1. The molecule has 1 unspecified atom stereocenters. The fraction of sp³-hybridized carbons (Fsp3) is 0.600. The van der Waals surface area contributed by atoms with Gasteiger partial charge in [-0.2, -0.15) is 0 Å². The van der Waals surface area contributed by atoms with Gasteiger partial charge in [0.1, 0.15) is 5.15 Å². The van der Waals surface area contributed by atoms with Gasteiger partial charge in [-0.25, -0.2) is 9.97 Å². The average Bonchev–Trinajstić information content (AvgIpc) is 2.64. The smallest absolute Gasteiger partial charge is 0.226 e. The SMILES string of the molecule is Cc1cc(Cl)nc(N2CCC(CO)C2)n1. The van der Waals surface area contributed by atoms with Crippen LogP contribution in [0.15, 0.2) is 6.07 Å². The molecule has 5 heteroatoms. The molecule has 1 fully saturated rings. The van der Waals surface area contributed by atoms with E-state index in [0.717, 1.165) is 25.2 Å². The van der Waals surface area contributed by atoms with E-state index in [4.69, 9.17) is 16.7 Å². The minimum atomic E-state index is 0.232. The second-order valence-electron chi connectivity index (χ2n) is 3.92. The summed E-state index contributed by atoms with van der Waals surface area (Å²) >= 11 is 5.87. The minimum Gasteiger partial charge on any atom is -0.396 e. The van der Waals surface area contributed by atoms with E-state index in [1.807, 2.05) is 6.92 Å². The van der Waals surface area contributed by atoms with Crippen LogP contribution in [0.2, 0.25) is 5.15 Å². The maximum Gasteiger partial charge on any atom is 0.226 e. The van der Waals surface area contributed by atoms with E-state index in [9.17, 15) is 0 Å². The lowest BCUT2D eigenvalue weighted by molar-refractivity contribution is 0.238. The standard InChI is InChI=1S/C10H14ClN3O/c1-7-4-9(11)13-10(12-7)14-3-2-8(5-14)6-15/h4,8,15H,2-3,5-6H2,1H3. The predicted molar refractivity (Wildman–Crippen MR) is 59.2 cm³/mol. The molecular formula is C10H14ClN3O. The number of aryl methyl sites for hydroxylation is 1. The molecule has 0 saturated carbocycles. The van der Waals surface area contributed by atoms with Gasteiger partial charge in [0.05, 0.1) is 0 Å². The molecule has 1 aliphatic rings. The van der Waals surface area contributed by atoms with Gasteiger partial charge in [-0.3, -0.25) is 0 Å². The Morgan fingerprint density at radius 1 is 1.60 bits per heavy atom. The third-order valence-corrected chi connectivity index (χ3v) is 2.83. The normalized spacial score (nSPS) is 21.0. The van der Waals surface area contributed by atoms with Crippen LogP contribution in [-0.2, 0) is 0 Å². The fourth-order valence-corrected chi connectivity index (χ4v) is 2.05. The van der Waals surface area contributed by atoms with Crippen molar-refractivity contribution in [2.75, 3.05) is 24.6 Å². The Labute approximate surface area is 93.9 Å². The third kappa shape index (κ3) is 2.38. The van der Waals surface area contributed by atoms with E-state index in [-0.39, 0.29) is 6.61 Å². The molecule has 0 bridgehead atoms. The van der Waals surface area contributed by atoms with E-state index in [1.165, 1.54) is 0 Å². The van der Waals surface area contributed by atoms with Crippen LogP contribution in [0.25, 0.3) is 0 Å². The van der Waals surface area contributed by atoms with Crippen molar-refractivity contribution in [3.63, 3.8) is 0 Å². The molecule has 2 rings (SSSR count). The Bertz CT molecular complexity index is 338. The highest BCUT2D eigenvalue weighted by atomic mass is 35.5. The minimum absolute atomic E-state index is 0.232. The first kappa shape index (κ1) is 10.6. The first-order valence-corrected chi connectivity index (χ1v) is 5.44.